The van der Waals surface area contributed by atoms with E-state index in [-0.39, 0.29) is 42.1 Å². The molecule has 30 heavy (non-hydrogen) atoms. The number of amides is 1. The monoisotopic (exact) mass is 446 g/mol. The molecular formula is C19H18F4N2O4S. The maximum absolute atomic E-state index is 14.3. The highest BCUT2D eigenvalue weighted by Crippen LogP contribution is 2.28. The average Bonchev–Trinajstić information content (AvgIpc) is 2.72. The summed E-state index contributed by atoms with van der Waals surface area (Å²) in [5.41, 5.74) is -1.75. The zero-order chi connectivity index (χ0) is 22.1. The van der Waals surface area contributed by atoms with Crippen LogP contribution in [0.4, 0.5) is 23.2 Å². The van der Waals surface area contributed by atoms with Gasteiger partial charge in [0, 0.05) is 42.5 Å². The van der Waals surface area contributed by atoms with Crippen LogP contribution >= 0.6 is 0 Å². The average molecular weight is 446 g/mol. The van der Waals surface area contributed by atoms with Gasteiger partial charge in [-0.3, -0.25) is 4.79 Å². The van der Waals surface area contributed by atoms with Gasteiger partial charge in [-0.05, 0) is 25.0 Å². The van der Waals surface area contributed by atoms with E-state index in [1.165, 1.54) is 4.31 Å². The number of aliphatic hydroxyl groups excluding tert-OH is 1. The normalized spacial score (nSPS) is 17.6. The Morgan fingerprint density at radius 3 is 2.27 bits per heavy atom. The van der Waals surface area contributed by atoms with E-state index in [9.17, 15) is 37.1 Å². The molecule has 3 N–H and O–H groups in total. The largest absolute Gasteiger partial charge is 0.593 e. The minimum atomic E-state index is -1.98. The highest BCUT2D eigenvalue weighted by atomic mass is 32.2. The van der Waals surface area contributed by atoms with Gasteiger partial charge in [0.25, 0.3) is 5.91 Å². The molecule has 1 saturated heterocycles. The number of rotatable bonds is 5. The summed E-state index contributed by atoms with van der Waals surface area (Å²) >= 11 is -1.98. The SMILES string of the molecule is O=C(Nc1cc(F)c(F)c(F)c1)c1ccc(F)c([S+]([O-])N2CCC(O)(CO)CC2)c1. The minimum absolute atomic E-state index is 0.131. The molecule has 1 aliphatic rings. The van der Waals surface area contributed by atoms with Crippen molar-refractivity contribution >= 4 is 23.0 Å². The number of nitrogens with zero attached hydrogens (tertiary/aromatic N) is 1. The van der Waals surface area contributed by atoms with Crippen molar-refractivity contribution in [2.24, 2.45) is 0 Å². The molecule has 0 bridgehead atoms. The van der Waals surface area contributed by atoms with Gasteiger partial charge < -0.3 is 20.1 Å². The molecule has 1 heterocycles. The van der Waals surface area contributed by atoms with Crippen LogP contribution in [0.25, 0.3) is 0 Å². The molecule has 0 aromatic heterocycles. The Balaban J connectivity index is 1.77. The van der Waals surface area contributed by atoms with E-state index in [1.54, 1.807) is 0 Å². The minimum Gasteiger partial charge on any atom is -0.593 e. The van der Waals surface area contributed by atoms with E-state index in [0.29, 0.717) is 12.1 Å². The first-order valence-electron chi connectivity index (χ1n) is 8.89. The Hall–Kier alpha value is -2.18. The fourth-order valence-corrected chi connectivity index (χ4v) is 4.23. The molecule has 1 atom stereocenters. The second-order valence-electron chi connectivity index (χ2n) is 6.91. The molecule has 1 amide bonds. The molecule has 0 aliphatic carbocycles. The van der Waals surface area contributed by atoms with E-state index in [1.807, 2.05) is 0 Å². The Morgan fingerprint density at radius 2 is 1.70 bits per heavy atom. The molecule has 6 nitrogen and oxygen atoms in total. The lowest BCUT2D eigenvalue weighted by Gasteiger charge is -2.36. The number of piperidine rings is 1. The Kier molecular flexibility index (Phi) is 6.68. The fourth-order valence-electron chi connectivity index (χ4n) is 2.97. The maximum Gasteiger partial charge on any atom is 0.255 e. The number of halogens is 4. The molecule has 0 radical (unpaired) electrons. The van der Waals surface area contributed by atoms with Crippen LogP contribution in [0.3, 0.4) is 0 Å². The fraction of sp³-hybridized carbons (Fsp3) is 0.316. The molecule has 3 rings (SSSR count). The van der Waals surface area contributed by atoms with Crippen molar-refractivity contribution in [3.05, 3.63) is 59.2 Å². The molecule has 11 heteroatoms. The van der Waals surface area contributed by atoms with Crippen molar-refractivity contribution in [2.75, 3.05) is 25.0 Å². The molecule has 2 aromatic rings. The number of nitrogens with one attached hydrogen (secondary N) is 1. The third-order valence-electron chi connectivity index (χ3n) is 4.81. The second kappa shape index (κ2) is 8.90. The van der Waals surface area contributed by atoms with Crippen molar-refractivity contribution < 1.29 is 37.1 Å². The number of aliphatic hydroxyl groups is 2. The Bertz CT molecular complexity index is 931. The summed E-state index contributed by atoms with van der Waals surface area (Å²) in [6.45, 7) is -0.177. The number of carbonyl (C=O) groups excluding carboxylic acids is 1. The first-order valence-corrected chi connectivity index (χ1v) is 10.00. The third kappa shape index (κ3) is 4.76. The first-order chi connectivity index (χ1) is 14.1. The molecule has 2 aromatic carbocycles. The highest BCUT2D eigenvalue weighted by Gasteiger charge is 2.37. The van der Waals surface area contributed by atoms with Crippen LogP contribution in [0.2, 0.25) is 0 Å². The smallest absolute Gasteiger partial charge is 0.255 e. The quantitative estimate of drug-likeness (QED) is 0.372. The summed E-state index contributed by atoms with van der Waals surface area (Å²) in [7, 11) is 0. The van der Waals surface area contributed by atoms with Crippen LogP contribution in [-0.2, 0) is 11.4 Å². The van der Waals surface area contributed by atoms with Gasteiger partial charge in [-0.15, -0.1) is 4.31 Å². The van der Waals surface area contributed by atoms with Gasteiger partial charge in [-0.2, -0.15) is 0 Å². The van der Waals surface area contributed by atoms with Crippen molar-refractivity contribution in [1.82, 2.24) is 4.31 Å². The van der Waals surface area contributed by atoms with Crippen LogP contribution < -0.4 is 5.32 Å². The topological polar surface area (TPSA) is 95.9 Å². The number of anilines is 1. The van der Waals surface area contributed by atoms with E-state index < -0.39 is 52.7 Å². The number of carbonyl (C=O) groups is 1. The van der Waals surface area contributed by atoms with Crippen LogP contribution in [-0.4, -0.2) is 50.3 Å². The number of benzene rings is 2. The van der Waals surface area contributed by atoms with Gasteiger partial charge in [-0.25, -0.2) is 17.6 Å². The summed E-state index contributed by atoms with van der Waals surface area (Å²) < 4.78 is 68.1. The van der Waals surface area contributed by atoms with Gasteiger partial charge in [-0.1, -0.05) is 0 Å². The van der Waals surface area contributed by atoms with Gasteiger partial charge in [0.15, 0.2) is 23.3 Å². The third-order valence-corrected chi connectivity index (χ3v) is 6.33. The number of hydrogen-bond acceptors (Lipinski definition) is 5. The zero-order valence-electron chi connectivity index (χ0n) is 15.5. The molecule has 0 spiro atoms. The van der Waals surface area contributed by atoms with E-state index in [0.717, 1.165) is 18.2 Å². The van der Waals surface area contributed by atoms with Crippen LogP contribution in [0.5, 0.6) is 0 Å². The summed E-state index contributed by atoms with van der Waals surface area (Å²) in [6.07, 6.45) is 0.275. The predicted octanol–water partition coefficient (Wildman–Crippen LogP) is 2.34. The highest BCUT2D eigenvalue weighted by molar-refractivity contribution is 7.89. The van der Waals surface area contributed by atoms with E-state index >= 15 is 0 Å². The molecular weight excluding hydrogens is 428 g/mol. The second-order valence-corrected chi connectivity index (χ2v) is 8.37. The van der Waals surface area contributed by atoms with E-state index in [4.69, 9.17) is 0 Å². The van der Waals surface area contributed by atoms with Gasteiger partial charge >= 0.3 is 0 Å². The van der Waals surface area contributed by atoms with Crippen molar-refractivity contribution in [3.8, 4) is 0 Å². The van der Waals surface area contributed by atoms with Crippen molar-refractivity contribution in [2.45, 2.75) is 23.3 Å². The van der Waals surface area contributed by atoms with Crippen LogP contribution in [0.15, 0.2) is 35.2 Å². The summed E-state index contributed by atoms with van der Waals surface area (Å²) in [5.74, 6) is -6.35. The number of hydrogen-bond donors (Lipinski definition) is 3. The Morgan fingerprint density at radius 1 is 1.10 bits per heavy atom. The lowest BCUT2D eigenvalue weighted by atomic mass is 9.94. The lowest BCUT2D eigenvalue weighted by Crippen LogP contribution is -2.48. The summed E-state index contributed by atoms with van der Waals surface area (Å²) in [4.78, 5) is 12.1. The molecule has 162 valence electrons. The maximum atomic E-state index is 14.3. The van der Waals surface area contributed by atoms with E-state index in [2.05, 4.69) is 5.32 Å². The molecule has 1 aliphatic heterocycles. The predicted molar refractivity (Wildman–Crippen MR) is 99.9 cm³/mol. The molecule has 1 fully saturated rings. The first kappa shape index (κ1) is 22.5. The standard InChI is InChI=1S/C19H18F4N2O4S/c20-13-2-1-11(18(27)24-12-8-14(21)17(23)15(22)9-12)7-16(13)30(29)25-5-3-19(28,10-26)4-6-25/h1-2,7-9,26,28H,3-6,10H2,(H,24,27). The zero-order valence-corrected chi connectivity index (χ0v) is 16.3. The van der Waals surface area contributed by atoms with Crippen molar-refractivity contribution in [1.29, 1.82) is 0 Å². The summed E-state index contributed by atoms with van der Waals surface area (Å²) in [5, 5.41) is 21.4. The van der Waals surface area contributed by atoms with Crippen LogP contribution in [0, 0.1) is 23.3 Å². The van der Waals surface area contributed by atoms with Crippen LogP contribution in [0.1, 0.15) is 23.2 Å². The lowest BCUT2D eigenvalue weighted by molar-refractivity contribution is -0.0480. The molecule has 1 unspecified atom stereocenters. The van der Waals surface area contributed by atoms with Gasteiger partial charge in [0.2, 0.25) is 4.90 Å². The summed E-state index contributed by atoms with van der Waals surface area (Å²) in [6, 6.07) is 4.26. The van der Waals surface area contributed by atoms with Gasteiger partial charge in [0.1, 0.15) is 0 Å². The van der Waals surface area contributed by atoms with Gasteiger partial charge in [0.05, 0.1) is 23.6 Å². The molecule has 0 saturated carbocycles. The Labute approximate surface area is 172 Å². The van der Waals surface area contributed by atoms with Crippen molar-refractivity contribution in [3.63, 3.8) is 0 Å².